The molecule has 0 saturated heterocycles. The molecule has 6 nitrogen and oxygen atoms in total. The molecule has 2 atom stereocenters. The quantitative estimate of drug-likeness (QED) is 0.741. The lowest BCUT2D eigenvalue weighted by molar-refractivity contribution is 0.184. The van der Waals surface area contributed by atoms with E-state index in [0.29, 0.717) is 23.7 Å². The molecule has 0 radical (unpaired) electrons. The Hall–Kier alpha value is -1.56. The first-order valence-electron chi connectivity index (χ1n) is 6.27. The number of nitrogens with two attached hydrogens (primary N) is 1. The molecule has 2 unspecified atom stereocenters. The van der Waals surface area contributed by atoms with Gasteiger partial charge in [-0.2, -0.15) is 9.97 Å². The van der Waals surface area contributed by atoms with E-state index in [0.717, 1.165) is 25.7 Å². The van der Waals surface area contributed by atoms with Gasteiger partial charge >= 0.3 is 0 Å². The van der Waals surface area contributed by atoms with Gasteiger partial charge in [-0.25, -0.2) is 0 Å². The lowest BCUT2D eigenvalue weighted by atomic mass is 9.86. The Bertz CT molecular complexity index is 400. The summed E-state index contributed by atoms with van der Waals surface area (Å²) in [5.41, 5.74) is 5.61. The van der Waals surface area contributed by atoms with Gasteiger partial charge in [0.2, 0.25) is 11.8 Å². The Kier molecular flexibility index (Phi) is 4.19. The first kappa shape index (κ1) is 12.9. The molecule has 0 aliphatic heterocycles. The van der Waals surface area contributed by atoms with E-state index >= 15 is 0 Å². The Morgan fingerprint density at radius 3 is 3.06 bits per heavy atom. The van der Waals surface area contributed by atoms with Crippen molar-refractivity contribution >= 4 is 11.8 Å². The summed E-state index contributed by atoms with van der Waals surface area (Å²) in [7, 11) is 1.55. The average Bonchev–Trinajstić information content (AvgIpc) is 2.38. The van der Waals surface area contributed by atoms with Crippen molar-refractivity contribution in [3.05, 3.63) is 6.07 Å². The lowest BCUT2D eigenvalue weighted by Gasteiger charge is -2.28. The second-order valence-electron chi connectivity index (χ2n) is 4.71. The van der Waals surface area contributed by atoms with Gasteiger partial charge in [0.15, 0.2) is 0 Å². The number of methoxy groups -OCH3 is 1. The second-order valence-corrected chi connectivity index (χ2v) is 4.71. The normalized spacial score (nSPS) is 23.7. The fourth-order valence-corrected chi connectivity index (χ4v) is 2.42. The van der Waals surface area contributed by atoms with Crippen LogP contribution in [0.15, 0.2) is 6.07 Å². The zero-order valence-electron chi connectivity index (χ0n) is 10.6. The first-order chi connectivity index (χ1) is 8.71. The third-order valence-corrected chi connectivity index (χ3v) is 3.32. The highest BCUT2D eigenvalue weighted by Gasteiger charge is 2.21. The van der Waals surface area contributed by atoms with Crippen LogP contribution in [0.2, 0.25) is 0 Å². The summed E-state index contributed by atoms with van der Waals surface area (Å²) in [4.78, 5) is 8.08. The van der Waals surface area contributed by atoms with Crippen molar-refractivity contribution in [2.24, 2.45) is 5.92 Å². The summed E-state index contributed by atoms with van der Waals surface area (Å²) >= 11 is 0. The number of nitrogen functional groups attached to an aromatic ring is 1. The van der Waals surface area contributed by atoms with E-state index < -0.39 is 0 Å². The molecule has 1 aromatic rings. The molecule has 100 valence electrons. The molecule has 6 heteroatoms. The monoisotopic (exact) mass is 252 g/mol. The molecule has 18 heavy (non-hydrogen) atoms. The number of rotatable bonds is 4. The third kappa shape index (κ3) is 3.22. The number of hydrogen-bond acceptors (Lipinski definition) is 6. The van der Waals surface area contributed by atoms with E-state index in [1.165, 1.54) is 0 Å². The number of nitrogens with zero attached hydrogens (tertiary/aromatic N) is 2. The summed E-state index contributed by atoms with van der Waals surface area (Å²) in [5.74, 6) is 1.73. The van der Waals surface area contributed by atoms with Crippen LogP contribution in [0.25, 0.3) is 0 Å². The number of ether oxygens (including phenoxy) is 1. The fraction of sp³-hybridized carbons (Fsp3) is 0.667. The second kappa shape index (κ2) is 5.86. The maximum atomic E-state index is 9.21. The van der Waals surface area contributed by atoms with Crippen LogP contribution in [0.3, 0.4) is 0 Å². The van der Waals surface area contributed by atoms with Crippen molar-refractivity contribution in [3.63, 3.8) is 0 Å². The summed E-state index contributed by atoms with van der Waals surface area (Å²) in [6, 6.07) is 2.06. The summed E-state index contributed by atoms with van der Waals surface area (Å²) in [6.45, 7) is 0.257. The van der Waals surface area contributed by atoms with Crippen molar-refractivity contribution in [1.29, 1.82) is 0 Å². The Morgan fingerprint density at radius 1 is 1.50 bits per heavy atom. The minimum Gasteiger partial charge on any atom is -0.481 e. The van der Waals surface area contributed by atoms with Crippen LogP contribution in [0.4, 0.5) is 11.8 Å². The molecule has 1 aliphatic rings. The zero-order chi connectivity index (χ0) is 13.0. The van der Waals surface area contributed by atoms with Crippen molar-refractivity contribution in [1.82, 2.24) is 9.97 Å². The van der Waals surface area contributed by atoms with E-state index in [4.69, 9.17) is 10.5 Å². The maximum absolute atomic E-state index is 9.21. The lowest BCUT2D eigenvalue weighted by Crippen LogP contribution is -2.29. The molecule has 0 bridgehead atoms. The minimum absolute atomic E-state index is 0.200. The highest BCUT2D eigenvalue weighted by Crippen LogP contribution is 2.26. The van der Waals surface area contributed by atoms with Crippen molar-refractivity contribution in [3.8, 4) is 5.88 Å². The average molecular weight is 252 g/mol. The van der Waals surface area contributed by atoms with Gasteiger partial charge in [0, 0.05) is 18.7 Å². The number of nitrogens with one attached hydrogen (secondary N) is 1. The standard InChI is InChI=1S/C12H20N4O2/c1-18-11-6-10(15-12(13)16-11)14-9-4-2-3-8(5-9)7-17/h6,8-9,17H,2-5,7H2,1H3,(H3,13,14,15,16). The molecular weight excluding hydrogens is 232 g/mol. The minimum atomic E-state index is 0.200. The van der Waals surface area contributed by atoms with Gasteiger partial charge in [0.25, 0.3) is 0 Å². The van der Waals surface area contributed by atoms with E-state index in [1.54, 1.807) is 13.2 Å². The zero-order valence-corrected chi connectivity index (χ0v) is 10.6. The van der Waals surface area contributed by atoms with E-state index in [1.807, 2.05) is 0 Å². The fourth-order valence-electron chi connectivity index (χ4n) is 2.42. The number of aliphatic hydroxyl groups is 1. The molecule has 0 amide bonds. The third-order valence-electron chi connectivity index (χ3n) is 3.32. The molecule has 2 rings (SSSR count). The van der Waals surface area contributed by atoms with Gasteiger partial charge in [-0.05, 0) is 25.2 Å². The largest absolute Gasteiger partial charge is 0.481 e. The Morgan fingerprint density at radius 2 is 2.33 bits per heavy atom. The molecule has 0 aromatic carbocycles. The molecule has 1 aliphatic carbocycles. The smallest absolute Gasteiger partial charge is 0.225 e. The summed E-state index contributed by atoms with van der Waals surface area (Å²) < 4.78 is 5.06. The predicted molar refractivity (Wildman–Crippen MR) is 69.5 cm³/mol. The van der Waals surface area contributed by atoms with Crippen molar-refractivity contribution < 1.29 is 9.84 Å². The molecule has 1 aromatic heterocycles. The van der Waals surface area contributed by atoms with Crippen LogP contribution in [-0.4, -0.2) is 34.8 Å². The summed E-state index contributed by atoms with van der Waals surface area (Å²) in [5, 5.41) is 12.5. The Balaban J connectivity index is 2.02. The predicted octanol–water partition coefficient (Wildman–Crippen LogP) is 1.03. The number of aromatic nitrogens is 2. The van der Waals surface area contributed by atoms with Crippen LogP contribution < -0.4 is 15.8 Å². The number of anilines is 2. The first-order valence-corrected chi connectivity index (χ1v) is 6.27. The van der Waals surface area contributed by atoms with E-state index in [9.17, 15) is 5.11 Å². The van der Waals surface area contributed by atoms with Gasteiger partial charge in [0.1, 0.15) is 5.82 Å². The van der Waals surface area contributed by atoms with Gasteiger partial charge < -0.3 is 20.9 Å². The molecule has 1 fully saturated rings. The molecular formula is C12H20N4O2. The van der Waals surface area contributed by atoms with Crippen LogP contribution in [-0.2, 0) is 0 Å². The highest BCUT2D eigenvalue weighted by molar-refractivity contribution is 5.43. The van der Waals surface area contributed by atoms with Crippen LogP contribution in [0, 0.1) is 5.92 Å². The molecule has 4 N–H and O–H groups in total. The number of hydrogen-bond donors (Lipinski definition) is 3. The molecule has 1 heterocycles. The number of aliphatic hydroxyl groups excluding tert-OH is 1. The van der Waals surface area contributed by atoms with E-state index in [-0.39, 0.29) is 12.6 Å². The molecule has 1 saturated carbocycles. The maximum Gasteiger partial charge on any atom is 0.225 e. The Labute approximate surface area is 107 Å². The molecule has 0 spiro atoms. The van der Waals surface area contributed by atoms with E-state index in [2.05, 4.69) is 15.3 Å². The van der Waals surface area contributed by atoms with Crippen molar-refractivity contribution in [2.45, 2.75) is 31.7 Å². The van der Waals surface area contributed by atoms with Gasteiger partial charge in [-0.15, -0.1) is 0 Å². The SMILES string of the molecule is COc1cc(NC2CCCC(CO)C2)nc(N)n1. The van der Waals surface area contributed by atoms with Gasteiger partial charge in [-0.3, -0.25) is 0 Å². The highest BCUT2D eigenvalue weighted by atomic mass is 16.5. The summed E-state index contributed by atoms with van der Waals surface area (Å²) in [6.07, 6.45) is 4.27. The van der Waals surface area contributed by atoms with Crippen LogP contribution in [0.1, 0.15) is 25.7 Å². The van der Waals surface area contributed by atoms with Crippen molar-refractivity contribution in [2.75, 3.05) is 24.8 Å². The van der Waals surface area contributed by atoms with Gasteiger partial charge in [0.05, 0.1) is 7.11 Å². The van der Waals surface area contributed by atoms with Crippen LogP contribution >= 0.6 is 0 Å². The van der Waals surface area contributed by atoms with Gasteiger partial charge in [-0.1, -0.05) is 6.42 Å². The topological polar surface area (TPSA) is 93.3 Å². The van der Waals surface area contributed by atoms with Crippen LogP contribution in [0.5, 0.6) is 5.88 Å².